The highest BCUT2D eigenvalue weighted by atomic mass is 32.2. The lowest BCUT2D eigenvalue weighted by molar-refractivity contribution is -0.140. The van der Waals surface area contributed by atoms with E-state index in [0.29, 0.717) is 12.2 Å². The number of hydrogen-bond acceptors (Lipinski definition) is 6. The van der Waals surface area contributed by atoms with Gasteiger partial charge in [0.2, 0.25) is 11.8 Å². The van der Waals surface area contributed by atoms with Crippen molar-refractivity contribution in [3.05, 3.63) is 120 Å². The number of methoxy groups -OCH3 is 2. The molecule has 4 aromatic rings. The SMILES string of the molecule is CC[C@@H](C)NC(=O)[C@H](Cc1ccccc1)N(Cc1cccc(C)c1)C(=O)CN(c1ccc(F)cc1)S(=O)(=O)c1ccc(OC)c(OC)c1. The molecule has 2 amide bonds. The summed E-state index contributed by atoms with van der Waals surface area (Å²) in [6, 6.07) is 24.7. The molecule has 0 aliphatic carbocycles. The molecule has 0 fully saturated rings. The van der Waals surface area contributed by atoms with Gasteiger partial charge < -0.3 is 19.7 Å². The minimum absolute atomic E-state index is 0.0413. The molecule has 48 heavy (non-hydrogen) atoms. The molecule has 11 heteroatoms. The molecule has 4 rings (SSSR count). The van der Waals surface area contributed by atoms with Crippen molar-refractivity contribution in [3.63, 3.8) is 0 Å². The number of amides is 2. The Labute approximate surface area is 282 Å². The molecule has 0 spiro atoms. The van der Waals surface area contributed by atoms with Crippen molar-refractivity contribution in [2.45, 2.75) is 57.1 Å². The number of carbonyl (C=O) groups excluding carboxylic acids is 2. The van der Waals surface area contributed by atoms with Crippen LogP contribution >= 0.6 is 0 Å². The molecule has 0 saturated heterocycles. The van der Waals surface area contributed by atoms with E-state index in [-0.39, 0.29) is 41.2 Å². The highest BCUT2D eigenvalue weighted by Gasteiger charge is 2.35. The van der Waals surface area contributed by atoms with E-state index in [9.17, 15) is 22.4 Å². The summed E-state index contributed by atoms with van der Waals surface area (Å²) in [7, 11) is -1.62. The van der Waals surface area contributed by atoms with Crippen LogP contribution in [0.3, 0.4) is 0 Å². The van der Waals surface area contributed by atoms with Crippen molar-refractivity contribution in [2.24, 2.45) is 0 Å². The number of halogens is 1. The Morgan fingerprint density at radius 1 is 0.854 bits per heavy atom. The zero-order chi connectivity index (χ0) is 34.8. The van der Waals surface area contributed by atoms with E-state index in [1.807, 2.05) is 75.4 Å². The number of nitrogens with one attached hydrogen (secondary N) is 1. The fourth-order valence-corrected chi connectivity index (χ4v) is 6.67. The Bertz CT molecular complexity index is 1800. The second-order valence-corrected chi connectivity index (χ2v) is 13.4. The topological polar surface area (TPSA) is 105 Å². The van der Waals surface area contributed by atoms with Crippen molar-refractivity contribution >= 4 is 27.5 Å². The maximum atomic E-state index is 14.6. The van der Waals surface area contributed by atoms with Crippen LogP contribution in [-0.2, 0) is 32.6 Å². The first-order chi connectivity index (χ1) is 23.0. The van der Waals surface area contributed by atoms with Gasteiger partial charge in [-0.25, -0.2) is 12.8 Å². The summed E-state index contributed by atoms with van der Waals surface area (Å²) in [5.41, 5.74) is 2.64. The molecule has 0 heterocycles. The van der Waals surface area contributed by atoms with Gasteiger partial charge in [-0.2, -0.15) is 0 Å². The summed E-state index contributed by atoms with van der Waals surface area (Å²) in [6.07, 6.45) is 0.872. The van der Waals surface area contributed by atoms with E-state index in [1.54, 1.807) is 0 Å². The number of aryl methyl sites for hydroxylation is 1. The highest BCUT2D eigenvalue weighted by Crippen LogP contribution is 2.32. The van der Waals surface area contributed by atoms with Crippen LogP contribution in [0.4, 0.5) is 10.1 Å². The van der Waals surface area contributed by atoms with E-state index in [0.717, 1.165) is 33.1 Å². The van der Waals surface area contributed by atoms with Crippen molar-refractivity contribution in [1.29, 1.82) is 0 Å². The summed E-state index contributed by atoms with van der Waals surface area (Å²) in [4.78, 5) is 29.8. The first-order valence-corrected chi connectivity index (χ1v) is 17.1. The molecule has 0 radical (unpaired) electrons. The van der Waals surface area contributed by atoms with E-state index >= 15 is 0 Å². The fraction of sp³-hybridized carbons (Fsp3) is 0.297. The van der Waals surface area contributed by atoms with Crippen LogP contribution in [-0.4, -0.2) is 58.0 Å². The van der Waals surface area contributed by atoms with Crippen molar-refractivity contribution in [3.8, 4) is 11.5 Å². The van der Waals surface area contributed by atoms with Crippen LogP contribution in [0.5, 0.6) is 11.5 Å². The highest BCUT2D eigenvalue weighted by molar-refractivity contribution is 7.92. The molecule has 0 aliphatic rings. The van der Waals surface area contributed by atoms with Gasteiger partial charge in [0, 0.05) is 25.1 Å². The third-order valence-corrected chi connectivity index (χ3v) is 9.81. The van der Waals surface area contributed by atoms with Gasteiger partial charge in [-0.1, -0.05) is 67.1 Å². The molecule has 0 saturated carbocycles. The Balaban J connectivity index is 1.83. The number of carbonyl (C=O) groups is 2. The Kier molecular flexibility index (Phi) is 12.2. The zero-order valence-corrected chi connectivity index (χ0v) is 28.7. The Hall–Kier alpha value is -4.90. The lowest BCUT2D eigenvalue weighted by atomic mass is 10.0. The number of anilines is 1. The predicted molar refractivity (Wildman–Crippen MR) is 184 cm³/mol. The molecule has 9 nitrogen and oxygen atoms in total. The number of nitrogens with zero attached hydrogens (tertiary/aromatic N) is 2. The third kappa shape index (κ3) is 8.92. The summed E-state index contributed by atoms with van der Waals surface area (Å²) in [5.74, 6) is -1.05. The molecule has 4 aromatic carbocycles. The molecule has 2 atom stereocenters. The average molecular weight is 676 g/mol. The van der Waals surface area contributed by atoms with Crippen LogP contribution < -0.4 is 19.1 Å². The molecule has 254 valence electrons. The summed E-state index contributed by atoms with van der Waals surface area (Å²) < 4.78 is 54.2. The molecule has 0 bridgehead atoms. The van der Waals surface area contributed by atoms with Gasteiger partial charge in [-0.15, -0.1) is 0 Å². The van der Waals surface area contributed by atoms with Crippen LogP contribution in [0.15, 0.2) is 102 Å². The van der Waals surface area contributed by atoms with E-state index in [2.05, 4.69) is 5.32 Å². The van der Waals surface area contributed by atoms with E-state index < -0.39 is 34.3 Å². The van der Waals surface area contributed by atoms with E-state index in [1.165, 1.54) is 49.5 Å². The van der Waals surface area contributed by atoms with Gasteiger partial charge in [0.15, 0.2) is 11.5 Å². The Morgan fingerprint density at radius 3 is 2.15 bits per heavy atom. The molecule has 0 aromatic heterocycles. The van der Waals surface area contributed by atoms with Gasteiger partial charge in [0.1, 0.15) is 18.4 Å². The van der Waals surface area contributed by atoms with Gasteiger partial charge in [0.25, 0.3) is 10.0 Å². The molecule has 0 aliphatic heterocycles. The zero-order valence-electron chi connectivity index (χ0n) is 27.9. The average Bonchev–Trinajstić information content (AvgIpc) is 3.09. The normalized spacial score (nSPS) is 12.5. The number of ether oxygens (including phenoxy) is 2. The van der Waals surface area contributed by atoms with Gasteiger partial charge >= 0.3 is 0 Å². The standard InChI is InChI=1S/C37H42FN3O6S/c1-6-27(3)39-37(43)33(22-28-12-8-7-9-13-28)40(24-29-14-10-11-26(2)21-29)36(42)25-41(31-17-15-30(38)16-18-31)48(44,45)32-19-20-34(46-4)35(23-32)47-5/h7-21,23,27,33H,6,22,24-25H2,1-5H3,(H,39,43)/t27-,33+/m1/s1. The lowest BCUT2D eigenvalue weighted by Crippen LogP contribution is -2.54. The van der Waals surface area contributed by atoms with Crippen molar-refractivity contribution in [2.75, 3.05) is 25.1 Å². The quantitative estimate of drug-likeness (QED) is 0.168. The van der Waals surface area contributed by atoms with Crippen LogP contribution in [0.1, 0.15) is 37.0 Å². The van der Waals surface area contributed by atoms with Crippen molar-refractivity contribution < 1.29 is 31.9 Å². The maximum absolute atomic E-state index is 14.6. The minimum Gasteiger partial charge on any atom is -0.493 e. The maximum Gasteiger partial charge on any atom is 0.264 e. The molecular weight excluding hydrogens is 633 g/mol. The van der Waals surface area contributed by atoms with Gasteiger partial charge in [-0.3, -0.25) is 13.9 Å². The summed E-state index contributed by atoms with van der Waals surface area (Å²) in [5, 5.41) is 3.02. The smallest absolute Gasteiger partial charge is 0.264 e. The summed E-state index contributed by atoms with van der Waals surface area (Å²) in [6.45, 7) is 5.14. The molecule has 0 unspecified atom stereocenters. The second-order valence-electron chi connectivity index (χ2n) is 11.5. The predicted octanol–water partition coefficient (Wildman–Crippen LogP) is 5.90. The number of sulfonamides is 1. The molecule has 1 N–H and O–H groups in total. The number of benzene rings is 4. The van der Waals surface area contributed by atoms with Gasteiger partial charge in [0.05, 0.1) is 24.8 Å². The van der Waals surface area contributed by atoms with Crippen molar-refractivity contribution in [1.82, 2.24) is 10.2 Å². The lowest BCUT2D eigenvalue weighted by Gasteiger charge is -2.34. The fourth-order valence-electron chi connectivity index (χ4n) is 5.24. The number of rotatable bonds is 15. The monoisotopic (exact) mass is 675 g/mol. The Morgan fingerprint density at radius 2 is 1.52 bits per heavy atom. The first-order valence-electron chi connectivity index (χ1n) is 15.7. The van der Waals surface area contributed by atoms with Crippen LogP contribution in [0.2, 0.25) is 0 Å². The van der Waals surface area contributed by atoms with Crippen LogP contribution in [0, 0.1) is 12.7 Å². The first kappa shape index (κ1) is 35.9. The van der Waals surface area contributed by atoms with E-state index in [4.69, 9.17) is 9.47 Å². The van der Waals surface area contributed by atoms with Crippen LogP contribution in [0.25, 0.3) is 0 Å². The third-order valence-electron chi connectivity index (χ3n) is 8.04. The molecular formula is C37H42FN3O6S. The minimum atomic E-state index is -4.43. The second kappa shape index (κ2) is 16.3. The van der Waals surface area contributed by atoms with Gasteiger partial charge in [-0.05, 0) is 67.8 Å². The number of hydrogen-bond donors (Lipinski definition) is 1. The largest absolute Gasteiger partial charge is 0.493 e. The summed E-state index contributed by atoms with van der Waals surface area (Å²) >= 11 is 0.